The van der Waals surface area contributed by atoms with E-state index in [2.05, 4.69) is 24.9 Å². The van der Waals surface area contributed by atoms with Gasteiger partial charge in [0.05, 0.1) is 0 Å². The zero-order valence-corrected chi connectivity index (χ0v) is 9.72. The summed E-state index contributed by atoms with van der Waals surface area (Å²) >= 11 is 5.99. The maximum absolute atomic E-state index is 11.2. The lowest BCUT2D eigenvalue weighted by Gasteiger charge is -2.22. The van der Waals surface area contributed by atoms with Crippen molar-refractivity contribution in [3.63, 3.8) is 0 Å². The minimum absolute atomic E-state index is 0.128. The van der Waals surface area contributed by atoms with Gasteiger partial charge in [0.1, 0.15) is 0 Å². The smallest absolute Gasteiger partial charge is 0.220 e. The third-order valence-electron chi connectivity index (χ3n) is 2.30. The molecule has 1 heterocycles. The van der Waals surface area contributed by atoms with Crippen LogP contribution in [-0.4, -0.2) is 28.7 Å². The van der Waals surface area contributed by atoms with Crippen LogP contribution in [0.2, 0.25) is 0 Å². The zero-order chi connectivity index (χ0) is 9.73. The lowest BCUT2D eigenvalue weighted by Crippen LogP contribution is -2.36. The van der Waals surface area contributed by atoms with Crippen molar-refractivity contribution in [3.05, 3.63) is 0 Å². The normalized spacial score (nSPS) is 27.5. The topological polar surface area (TPSA) is 29.1 Å². The summed E-state index contributed by atoms with van der Waals surface area (Å²) in [6, 6.07) is 0. The van der Waals surface area contributed by atoms with Crippen LogP contribution in [0.1, 0.15) is 26.2 Å². The molecule has 0 aromatic carbocycles. The Morgan fingerprint density at radius 1 is 1.69 bits per heavy atom. The Morgan fingerprint density at radius 2 is 2.46 bits per heavy atom. The predicted molar refractivity (Wildman–Crippen MR) is 61.6 cm³/mol. The summed E-state index contributed by atoms with van der Waals surface area (Å²) in [5, 5.41) is 2.96. The molecule has 1 fully saturated rings. The summed E-state index contributed by atoms with van der Waals surface area (Å²) in [6.45, 7) is 3.04. The van der Waals surface area contributed by atoms with E-state index in [4.69, 9.17) is 0 Å². The lowest BCUT2D eigenvalue weighted by molar-refractivity contribution is -0.120. The van der Waals surface area contributed by atoms with Crippen LogP contribution >= 0.6 is 24.4 Å². The van der Waals surface area contributed by atoms with Crippen LogP contribution in [0.15, 0.2) is 0 Å². The first-order valence-electron chi connectivity index (χ1n) is 4.68. The van der Waals surface area contributed by atoms with E-state index in [1.54, 1.807) is 0 Å². The van der Waals surface area contributed by atoms with E-state index >= 15 is 0 Å². The monoisotopic (exact) mass is 219 g/mol. The van der Waals surface area contributed by atoms with Crippen molar-refractivity contribution in [2.24, 2.45) is 0 Å². The second-order valence-corrected chi connectivity index (χ2v) is 5.78. The number of amides is 1. The van der Waals surface area contributed by atoms with Gasteiger partial charge in [0, 0.05) is 17.7 Å². The number of hydrogen-bond donors (Lipinski definition) is 2. The molecule has 0 radical (unpaired) electrons. The standard InChI is InChI=1S/C9H17NOS2/c1-9(4-2-6-13-9)7-10-8(11)3-5-12/h12H,2-7H2,1H3,(H,10,11). The summed E-state index contributed by atoms with van der Waals surface area (Å²) < 4.78 is 0.284. The summed E-state index contributed by atoms with van der Waals surface area (Å²) in [5.74, 6) is 2.00. The van der Waals surface area contributed by atoms with Crippen LogP contribution in [0.5, 0.6) is 0 Å². The van der Waals surface area contributed by atoms with Gasteiger partial charge in [0.15, 0.2) is 0 Å². The summed E-state index contributed by atoms with van der Waals surface area (Å²) in [4.78, 5) is 11.2. The highest BCUT2D eigenvalue weighted by Crippen LogP contribution is 2.36. The molecule has 4 heteroatoms. The second-order valence-electron chi connectivity index (χ2n) is 3.65. The first-order chi connectivity index (χ1) is 6.16. The first kappa shape index (κ1) is 11.2. The maximum atomic E-state index is 11.2. The first-order valence-corrected chi connectivity index (χ1v) is 6.30. The minimum atomic E-state index is 0.128. The lowest BCUT2D eigenvalue weighted by atomic mass is 10.1. The molecule has 0 saturated carbocycles. The highest BCUT2D eigenvalue weighted by molar-refractivity contribution is 8.00. The molecule has 1 unspecified atom stereocenters. The molecule has 13 heavy (non-hydrogen) atoms. The predicted octanol–water partition coefficient (Wildman–Crippen LogP) is 1.71. The largest absolute Gasteiger partial charge is 0.355 e. The van der Waals surface area contributed by atoms with Gasteiger partial charge in [0.2, 0.25) is 5.91 Å². The number of rotatable bonds is 4. The molecule has 0 aromatic heterocycles. The van der Waals surface area contributed by atoms with Crippen molar-refractivity contribution in [1.29, 1.82) is 0 Å². The Kier molecular flexibility index (Phi) is 4.46. The van der Waals surface area contributed by atoms with E-state index in [0.29, 0.717) is 12.2 Å². The molecular weight excluding hydrogens is 202 g/mol. The molecule has 1 aliphatic heterocycles. The van der Waals surface area contributed by atoms with Crippen LogP contribution in [-0.2, 0) is 4.79 Å². The van der Waals surface area contributed by atoms with Crippen molar-refractivity contribution < 1.29 is 4.79 Å². The van der Waals surface area contributed by atoms with E-state index in [9.17, 15) is 4.79 Å². The molecular formula is C9H17NOS2. The Balaban J connectivity index is 2.21. The fourth-order valence-corrected chi connectivity index (χ4v) is 2.90. The quantitative estimate of drug-likeness (QED) is 0.705. The van der Waals surface area contributed by atoms with Crippen LogP contribution < -0.4 is 5.32 Å². The number of carbonyl (C=O) groups excluding carboxylic acids is 1. The molecule has 0 aromatic rings. The SMILES string of the molecule is CC1(CNC(=O)CCS)CCCS1. The Bertz CT molecular complexity index is 178. The van der Waals surface area contributed by atoms with Gasteiger partial charge in [-0.25, -0.2) is 0 Å². The molecule has 76 valence electrons. The van der Waals surface area contributed by atoms with Crippen LogP contribution in [0.4, 0.5) is 0 Å². The third kappa shape index (κ3) is 3.81. The molecule has 1 saturated heterocycles. The van der Waals surface area contributed by atoms with E-state index in [1.807, 2.05) is 11.8 Å². The van der Waals surface area contributed by atoms with Crippen molar-refractivity contribution in [2.45, 2.75) is 30.9 Å². The van der Waals surface area contributed by atoms with Gasteiger partial charge in [-0.1, -0.05) is 0 Å². The summed E-state index contributed by atoms with van der Waals surface area (Å²) in [5.41, 5.74) is 0. The van der Waals surface area contributed by atoms with Crippen LogP contribution in [0.3, 0.4) is 0 Å². The van der Waals surface area contributed by atoms with E-state index in [1.165, 1.54) is 18.6 Å². The average Bonchev–Trinajstić information content (AvgIpc) is 2.51. The molecule has 0 bridgehead atoms. The highest BCUT2D eigenvalue weighted by Gasteiger charge is 2.29. The van der Waals surface area contributed by atoms with E-state index < -0.39 is 0 Å². The van der Waals surface area contributed by atoms with Gasteiger partial charge >= 0.3 is 0 Å². The number of thiol groups is 1. The number of thioether (sulfide) groups is 1. The highest BCUT2D eigenvalue weighted by atomic mass is 32.2. The van der Waals surface area contributed by atoms with E-state index in [0.717, 1.165) is 6.54 Å². The van der Waals surface area contributed by atoms with Gasteiger partial charge in [-0.3, -0.25) is 4.79 Å². The fourth-order valence-electron chi connectivity index (χ4n) is 1.45. The van der Waals surface area contributed by atoms with Gasteiger partial charge in [-0.15, -0.1) is 0 Å². The molecule has 1 N–H and O–H groups in total. The molecule has 0 aliphatic carbocycles. The fraction of sp³-hybridized carbons (Fsp3) is 0.889. The third-order valence-corrected chi connectivity index (χ3v) is 4.06. The molecule has 1 aliphatic rings. The molecule has 1 atom stereocenters. The van der Waals surface area contributed by atoms with Crippen molar-refractivity contribution >= 4 is 30.3 Å². The van der Waals surface area contributed by atoms with Gasteiger partial charge in [-0.2, -0.15) is 24.4 Å². The van der Waals surface area contributed by atoms with Gasteiger partial charge in [0.25, 0.3) is 0 Å². The molecule has 0 spiro atoms. The Labute approximate surface area is 89.6 Å². The summed E-state index contributed by atoms with van der Waals surface area (Å²) in [6.07, 6.45) is 3.03. The van der Waals surface area contributed by atoms with Crippen LogP contribution in [0, 0.1) is 0 Å². The second kappa shape index (κ2) is 5.15. The van der Waals surface area contributed by atoms with Crippen molar-refractivity contribution in [3.8, 4) is 0 Å². The van der Waals surface area contributed by atoms with Crippen molar-refractivity contribution in [2.75, 3.05) is 18.1 Å². The number of nitrogens with one attached hydrogen (secondary N) is 1. The Morgan fingerprint density at radius 3 is 3.00 bits per heavy atom. The molecule has 1 amide bonds. The van der Waals surface area contributed by atoms with Gasteiger partial charge < -0.3 is 5.32 Å². The maximum Gasteiger partial charge on any atom is 0.220 e. The molecule has 1 rings (SSSR count). The number of carbonyl (C=O) groups is 1. The molecule has 2 nitrogen and oxygen atoms in total. The minimum Gasteiger partial charge on any atom is -0.355 e. The average molecular weight is 219 g/mol. The van der Waals surface area contributed by atoms with E-state index in [-0.39, 0.29) is 10.7 Å². The zero-order valence-electron chi connectivity index (χ0n) is 8.01. The summed E-state index contributed by atoms with van der Waals surface area (Å²) in [7, 11) is 0. The Hall–Kier alpha value is 0.170. The van der Waals surface area contributed by atoms with Crippen LogP contribution in [0.25, 0.3) is 0 Å². The number of hydrogen-bond acceptors (Lipinski definition) is 3. The van der Waals surface area contributed by atoms with Crippen molar-refractivity contribution in [1.82, 2.24) is 5.32 Å². The van der Waals surface area contributed by atoms with Gasteiger partial charge in [-0.05, 0) is 31.3 Å².